The first kappa shape index (κ1) is 14.4. The van der Waals surface area contributed by atoms with Crippen molar-refractivity contribution in [1.82, 2.24) is 5.32 Å². The second-order valence-corrected chi connectivity index (χ2v) is 5.00. The number of nitrogens with one attached hydrogen (secondary N) is 2. The number of hydrogen-bond acceptors (Lipinski definition) is 3. The van der Waals surface area contributed by atoms with Crippen LogP contribution >= 0.6 is 0 Å². The van der Waals surface area contributed by atoms with Crippen LogP contribution in [0.15, 0.2) is 24.3 Å². The smallest absolute Gasteiger partial charge is 0.233 e. The van der Waals surface area contributed by atoms with E-state index in [-0.39, 0.29) is 24.3 Å². The minimum Gasteiger partial charge on any atom is -0.497 e. The largest absolute Gasteiger partial charge is 0.497 e. The fourth-order valence-corrected chi connectivity index (χ4v) is 2.37. The van der Waals surface area contributed by atoms with Crippen molar-refractivity contribution in [2.75, 3.05) is 12.4 Å². The van der Waals surface area contributed by atoms with Gasteiger partial charge in [-0.15, -0.1) is 0 Å². The lowest BCUT2D eigenvalue weighted by Gasteiger charge is -2.11. The quantitative estimate of drug-likeness (QED) is 0.809. The Labute approximate surface area is 118 Å². The first-order chi connectivity index (χ1) is 9.67. The van der Waals surface area contributed by atoms with Crippen molar-refractivity contribution in [2.24, 2.45) is 0 Å². The summed E-state index contributed by atoms with van der Waals surface area (Å²) in [7, 11) is 1.58. The summed E-state index contributed by atoms with van der Waals surface area (Å²) in [5.41, 5.74) is 0.657. The van der Waals surface area contributed by atoms with Crippen LogP contribution in [0, 0.1) is 0 Å². The van der Waals surface area contributed by atoms with Gasteiger partial charge in [-0.1, -0.05) is 12.8 Å². The van der Waals surface area contributed by atoms with Crippen LogP contribution in [-0.4, -0.2) is 25.0 Å². The molecule has 2 rings (SSSR count). The van der Waals surface area contributed by atoms with Gasteiger partial charge in [0, 0.05) is 11.7 Å². The number of rotatable bonds is 5. The maximum absolute atomic E-state index is 11.7. The zero-order valence-electron chi connectivity index (χ0n) is 11.6. The number of anilines is 1. The Morgan fingerprint density at radius 2 is 1.80 bits per heavy atom. The topological polar surface area (TPSA) is 67.4 Å². The van der Waals surface area contributed by atoms with Gasteiger partial charge in [0.15, 0.2) is 0 Å². The predicted molar refractivity (Wildman–Crippen MR) is 76.6 cm³/mol. The summed E-state index contributed by atoms with van der Waals surface area (Å²) >= 11 is 0. The standard InChI is InChI=1S/C15H20N2O3/c1-20-13-8-6-12(7-9-13)17-15(19)10-14(18)16-11-4-2-3-5-11/h6-9,11H,2-5,10H2,1H3,(H,16,18)(H,17,19). The molecule has 5 nitrogen and oxygen atoms in total. The van der Waals surface area contributed by atoms with Crippen LogP contribution in [0.5, 0.6) is 5.75 Å². The summed E-state index contributed by atoms with van der Waals surface area (Å²) in [6.07, 6.45) is 4.21. The van der Waals surface area contributed by atoms with Gasteiger partial charge >= 0.3 is 0 Å². The molecule has 2 amide bonds. The third kappa shape index (κ3) is 4.26. The van der Waals surface area contributed by atoms with E-state index in [1.54, 1.807) is 31.4 Å². The highest BCUT2D eigenvalue weighted by molar-refractivity contribution is 6.03. The lowest BCUT2D eigenvalue weighted by Crippen LogP contribution is -2.34. The van der Waals surface area contributed by atoms with E-state index in [2.05, 4.69) is 10.6 Å². The molecule has 0 saturated heterocycles. The molecule has 1 fully saturated rings. The number of amides is 2. The van der Waals surface area contributed by atoms with Crippen LogP contribution < -0.4 is 15.4 Å². The normalized spacial score (nSPS) is 14.8. The lowest BCUT2D eigenvalue weighted by atomic mass is 10.2. The van der Waals surface area contributed by atoms with Crippen molar-refractivity contribution in [3.8, 4) is 5.75 Å². The summed E-state index contributed by atoms with van der Waals surface area (Å²) in [6, 6.07) is 7.25. The van der Waals surface area contributed by atoms with E-state index >= 15 is 0 Å². The van der Waals surface area contributed by atoms with Gasteiger partial charge in [-0.25, -0.2) is 0 Å². The Balaban J connectivity index is 1.77. The van der Waals surface area contributed by atoms with E-state index < -0.39 is 0 Å². The van der Waals surface area contributed by atoms with E-state index in [0.717, 1.165) is 31.4 Å². The molecule has 0 bridgehead atoms. The summed E-state index contributed by atoms with van der Waals surface area (Å²) < 4.78 is 5.04. The monoisotopic (exact) mass is 276 g/mol. The fraction of sp³-hybridized carbons (Fsp3) is 0.467. The Morgan fingerprint density at radius 3 is 2.40 bits per heavy atom. The maximum atomic E-state index is 11.7. The first-order valence-corrected chi connectivity index (χ1v) is 6.90. The zero-order chi connectivity index (χ0) is 14.4. The van der Waals surface area contributed by atoms with Gasteiger partial charge in [-0.05, 0) is 37.1 Å². The van der Waals surface area contributed by atoms with E-state index in [1.165, 1.54) is 0 Å². The molecule has 2 N–H and O–H groups in total. The molecule has 20 heavy (non-hydrogen) atoms. The predicted octanol–water partition coefficient (Wildman–Crippen LogP) is 2.08. The molecule has 1 aromatic rings. The molecule has 5 heteroatoms. The second kappa shape index (κ2) is 6.93. The number of benzene rings is 1. The molecule has 0 radical (unpaired) electrons. The third-order valence-electron chi connectivity index (χ3n) is 3.42. The van der Waals surface area contributed by atoms with Gasteiger partial charge in [0.05, 0.1) is 7.11 Å². The minimum absolute atomic E-state index is 0.136. The highest BCUT2D eigenvalue weighted by atomic mass is 16.5. The molecule has 0 atom stereocenters. The van der Waals surface area contributed by atoms with Crippen LogP contribution in [0.1, 0.15) is 32.1 Å². The lowest BCUT2D eigenvalue weighted by molar-refractivity contribution is -0.127. The van der Waals surface area contributed by atoms with Crippen molar-refractivity contribution < 1.29 is 14.3 Å². The molecule has 0 heterocycles. The molecule has 1 saturated carbocycles. The van der Waals surface area contributed by atoms with Gasteiger partial charge in [-0.3, -0.25) is 9.59 Å². The van der Waals surface area contributed by atoms with E-state index in [0.29, 0.717) is 5.69 Å². The van der Waals surface area contributed by atoms with Gasteiger partial charge in [0.1, 0.15) is 12.2 Å². The first-order valence-electron chi connectivity index (χ1n) is 6.90. The molecule has 1 aromatic carbocycles. The molecule has 0 aliphatic heterocycles. The molecule has 0 aromatic heterocycles. The molecule has 1 aliphatic carbocycles. The van der Waals surface area contributed by atoms with Crippen LogP contribution in [0.4, 0.5) is 5.69 Å². The molecule has 0 spiro atoms. The summed E-state index contributed by atoms with van der Waals surface area (Å²) in [4.78, 5) is 23.5. The number of carbonyl (C=O) groups is 2. The highest BCUT2D eigenvalue weighted by Crippen LogP contribution is 2.18. The second-order valence-electron chi connectivity index (χ2n) is 5.00. The fourth-order valence-electron chi connectivity index (χ4n) is 2.37. The van der Waals surface area contributed by atoms with Crippen molar-refractivity contribution in [3.05, 3.63) is 24.3 Å². The van der Waals surface area contributed by atoms with Crippen molar-refractivity contribution in [3.63, 3.8) is 0 Å². The zero-order valence-corrected chi connectivity index (χ0v) is 11.6. The van der Waals surface area contributed by atoms with Gasteiger partial charge in [0.2, 0.25) is 11.8 Å². The summed E-state index contributed by atoms with van der Waals surface area (Å²) in [5, 5.41) is 5.59. The summed E-state index contributed by atoms with van der Waals surface area (Å²) in [5.74, 6) is 0.218. The van der Waals surface area contributed by atoms with E-state index in [9.17, 15) is 9.59 Å². The van der Waals surface area contributed by atoms with Crippen LogP contribution in [0.25, 0.3) is 0 Å². The third-order valence-corrected chi connectivity index (χ3v) is 3.42. The molecular formula is C15H20N2O3. The van der Waals surface area contributed by atoms with Crippen molar-refractivity contribution in [2.45, 2.75) is 38.1 Å². The number of methoxy groups -OCH3 is 1. The summed E-state index contributed by atoms with van der Waals surface area (Å²) in [6.45, 7) is 0. The Hall–Kier alpha value is -2.04. The molecule has 108 valence electrons. The Morgan fingerprint density at radius 1 is 1.15 bits per heavy atom. The number of carbonyl (C=O) groups excluding carboxylic acids is 2. The SMILES string of the molecule is COc1ccc(NC(=O)CC(=O)NC2CCCC2)cc1. The molecule has 1 aliphatic rings. The van der Waals surface area contributed by atoms with Crippen molar-refractivity contribution in [1.29, 1.82) is 0 Å². The van der Waals surface area contributed by atoms with E-state index in [4.69, 9.17) is 4.74 Å². The Bertz CT molecular complexity index is 465. The molecular weight excluding hydrogens is 256 g/mol. The van der Waals surface area contributed by atoms with Gasteiger partial charge in [0.25, 0.3) is 0 Å². The van der Waals surface area contributed by atoms with Crippen LogP contribution in [0.3, 0.4) is 0 Å². The van der Waals surface area contributed by atoms with Gasteiger partial charge in [-0.2, -0.15) is 0 Å². The minimum atomic E-state index is -0.300. The van der Waals surface area contributed by atoms with Gasteiger partial charge < -0.3 is 15.4 Å². The number of ether oxygens (including phenoxy) is 1. The highest BCUT2D eigenvalue weighted by Gasteiger charge is 2.18. The average Bonchev–Trinajstić information content (AvgIpc) is 2.92. The average molecular weight is 276 g/mol. The number of hydrogen-bond donors (Lipinski definition) is 2. The van der Waals surface area contributed by atoms with Crippen LogP contribution in [-0.2, 0) is 9.59 Å². The Kier molecular flexibility index (Phi) is 4.98. The van der Waals surface area contributed by atoms with E-state index in [1.807, 2.05) is 0 Å². The van der Waals surface area contributed by atoms with Crippen LogP contribution in [0.2, 0.25) is 0 Å². The maximum Gasteiger partial charge on any atom is 0.233 e. The van der Waals surface area contributed by atoms with Crippen molar-refractivity contribution >= 4 is 17.5 Å². The molecule has 0 unspecified atom stereocenters.